The third-order valence-electron chi connectivity index (χ3n) is 4.28. The van der Waals surface area contributed by atoms with Crippen LogP contribution in [0, 0.1) is 0 Å². The van der Waals surface area contributed by atoms with Gasteiger partial charge in [0.05, 0.1) is 17.3 Å². The summed E-state index contributed by atoms with van der Waals surface area (Å²) in [5, 5.41) is 3.89. The van der Waals surface area contributed by atoms with E-state index in [1.165, 1.54) is 0 Å². The van der Waals surface area contributed by atoms with Crippen LogP contribution in [0.5, 0.6) is 0 Å². The third kappa shape index (κ3) is 4.62. The van der Waals surface area contributed by atoms with Gasteiger partial charge in [0.25, 0.3) is 0 Å². The van der Waals surface area contributed by atoms with E-state index in [0.717, 1.165) is 49.7 Å². The molecular weight excluding hydrogens is 298 g/mol. The molecule has 1 saturated heterocycles. The monoisotopic (exact) mass is 323 g/mol. The summed E-state index contributed by atoms with van der Waals surface area (Å²) in [7, 11) is 0. The molecule has 0 radical (unpaired) electrons. The quantitative estimate of drug-likeness (QED) is 0.874. The minimum absolute atomic E-state index is 0.139. The Labute approximate surface area is 138 Å². The number of nitrogens with one attached hydrogen (secondary N) is 1. The van der Waals surface area contributed by atoms with Crippen molar-refractivity contribution in [3.05, 3.63) is 29.3 Å². The summed E-state index contributed by atoms with van der Waals surface area (Å²) in [5.74, 6) is 0.139. The van der Waals surface area contributed by atoms with Gasteiger partial charge in [-0.25, -0.2) is 0 Å². The summed E-state index contributed by atoms with van der Waals surface area (Å²) in [6.07, 6.45) is 1.98. The van der Waals surface area contributed by atoms with E-state index < -0.39 is 0 Å². The molecule has 1 heterocycles. The van der Waals surface area contributed by atoms with Crippen LogP contribution in [0.15, 0.2) is 24.3 Å². The lowest BCUT2D eigenvalue weighted by atomic mass is 10.2. The largest absolute Gasteiger partial charge is 0.368 e. The maximum Gasteiger partial charge on any atom is 0.234 e. The van der Waals surface area contributed by atoms with Gasteiger partial charge >= 0.3 is 0 Å². The topological polar surface area (TPSA) is 35.6 Å². The molecule has 5 heteroatoms. The van der Waals surface area contributed by atoms with E-state index in [9.17, 15) is 4.79 Å². The number of anilines is 1. The molecule has 122 valence electrons. The smallest absolute Gasteiger partial charge is 0.234 e. The Kier molecular flexibility index (Phi) is 6.52. The standard InChI is InChI=1S/C17H26ClN3O/c1-3-14(4-2)19-17(22)13-20-9-11-21(12-10-20)16-8-6-5-7-15(16)18/h5-8,14H,3-4,9-13H2,1-2H3,(H,19,22). The van der Waals surface area contributed by atoms with Crippen molar-refractivity contribution in [3.8, 4) is 0 Å². The second-order valence-corrected chi connectivity index (χ2v) is 6.20. The molecule has 2 rings (SSSR count). The maximum absolute atomic E-state index is 12.1. The van der Waals surface area contributed by atoms with Gasteiger partial charge < -0.3 is 10.2 Å². The normalized spacial score (nSPS) is 16.1. The first kappa shape index (κ1) is 17.1. The van der Waals surface area contributed by atoms with Crippen LogP contribution in [0.4, 0.5) is 5.69 Å². The van der Waals surface area contributed by atoms with Crippen molar-refractivity contribution in [2.45, 2.75) is 32.7 Å². The van der Waals surface area contributed by atoms with Gasteiger partial charge in [-0.15, -0.1) is 0 Å². The SMILES string of the molecule is CCC(CC)NC(=O)CN1CCN(c2ccccc2Cl)CC1. The highest BCUT2D eigenvalue weighted by atomic mass is 35.5. The Balaban J connectivity index is 1.80. The summed E-state index contributed by atoms with van der Waals surface area (Å²) in [6, 6.07) is 8.24. The van der Waals surface area contributed by atoms with E-state index in [1.54, 1.807) is 0 Å². The highest BCUT2D eigenvalue weighted by Crippen LogP contribution is 2.25. The minimum Gasteiger partial charge on any atom is -0.368 e. The summed E-state index contributed by atoms with van der Waals surface area (Å²) >= 11 is 6.25. The first-order valence-electron chi connectivity index (χ1n) is 8.15. The van der Waals surface area contributed by atoms with E-state index >= 15 is 0 Å². The van der Waals surface area contributed by atoms with Gasteiger partial charge in [-0.05, 0) is 25.0 Å². The van der Waals surface area contributed by atoms with E-state index in [0.29, 0.717) is 12.6 Å². The van der Waals surface area contributed by atoms with Crippen LogP contribution in [0.3, 0.4) is 0 Å². The van der Waals surface area contributed by atoms with Gasteiger partial charge in [-0.2, -0.15) is 0 Å². The Bertz CT molecular complexity index is 483. The molecule has 0 bridgehead atoms. The maximum atomic E-state index is 12.1. The lowest BCUT2D eigenvalue weighted by Gasteiger charge is -2.36. The van der Waals surface area contributed by atoms with Crippen LogP contribution in [0.1, 0.15) is 26.7 Å². The van der Waals surface area contributed by atoms with Crippen LogP contribution in [0.2, 0.25) is 5.02 Å². The van der Waals surface area contributed by atoms with Crippen LogP contribution < -0.4 is 10.2 Å². The lowest BCUT2D eigenvalue weighted by Crippen LogP contribution is -2.50. The van der Waals surface area contributed by atoms with Crippen molar-refractivity contribution < 1.29 is 4.79 Å². The summed E-state index contributed by atoms with van der Waals surface area (Å²) in [6.45, 7) is 8.30. The zero-order valence-electron chi connectivity index (χ0n) is 13.5. The Morgan fingerprint density at radius 1 is 1.18 bits per heavy atom. The molecule has 1 fully saturated rings. The van der Waals surface area contributed by atoms with Crippen molar-refractivity contribution in [1.29, 1.82) is 0 Å². The van der Waals surface area contributed by atoms with Gasteiger partial charge in [0, 0.05) is 32.2 Å². The number of para-hydroxylation sites is 1. The van der Waals surface area contributed by atoms with Gasteiger partial charge in [0.15, 0.2) is 0 Å². The molecule has 22 heavy (non-hydrogen) atoms. The van der Waals surface area contributed by atoms with Crippen molar-refractivity contribution in [2.24, 2.45) is 0 Å². The molecular formula is C17H26ClN3O. The summed E-state index contributed by atoms with van der Waals surface area (Å²) in [5.41, 5.74) is 1.09. The van der Waals surface area contributed by atoms with Crippen LogP contribution in [-0.2, 0) is 4.79 Å². The van der Waals surface area contributed by atoms with E-state index in [1.807, 2.05) is 18.2 Å². The molecule has 0 saturated carbocycles. The molecule has 1 amide bonds. The molecule has 0 aromatic heterocycles. The van der Waals surface area contributed by atoms with Gasteiger partial charge in [0.1, 0.15) is 0 Å². The number of carbonyl (C=O) groups excluding carboxylic acids is 1. The number of benzene rings is 1. The molecule has 1 aliphatic heterocycles. The molecule has 0 aliphatic carbocycles. The zero-order chi connectivity index (χ0) is 15.9. The molecule has 1 N–H and O–H groups in total. The fraction of sp³-hybridized carbons (Fsp3) is 0.588. The molecule has 1 aromatic rings. The van der Waals surface area contributed by atoms with E-state index in [4.69, 9.17) is 11.6 Å². The predicted molar refractivity (Wildman–Crippen MR) is 92.6 cm³/mol. The zero-order valence-corrected chi connectivity index (χ0v) is 14.3. The first-order chi connectivity index (χ1) is 10.6. The molecule has 0 unspecified atom stereocenters. The van der Waals surface area contributed by atoms with Crippen LogP contribution in [0.25, 0.3) is 0 Å². The van der Waals surface area contributed by atoms with Gasteiger partial charge in [-0.1, -0.05) is 37.6 Å². The number of hydrogen-bond acceptors (Lipinski definition) is 3. The van der Waals surface area contributed by atoms with Crippen molar-refractivity contribution in [2.75, 3.05) is 37.6 Å². The highest BCUT2D eigenvalue weighted by molar-refractivity contribution is 6.33. The summed E-state index contributed by atoms with van der Waals surface area (Å²) in [4.78, 5) is 16.6. The van der Waals surface area contributed by atoms with E-state index in [2.05, 4.69) is 35.0 Å². The van der Waals surface area contributed by atoms with Crippen LogP contribution in [-0.4, -0.2) is 49.6 Å². The minimum atomic E-state index is 0.139. The number of nitrogens with zero attached hydrogens (tertiary/aromatic N) is 2. The number of halogens is 1. The van der Waals surface area contributed by atoms with Gasteiger partial charge in [-0.3, -0.25) is 9.69 Å². The molecule has 1 aromatic carbocycles. The molecule has 1 aliphatic rings. The van der Waals surface area contributed by atoms with Gasteiger partial charge in [0.2, 0.25) is 5.91 Å². The Morgan fingerprint density at radius 2 is 1.82 bits per heavy atom. The molecule has 0 atom stereocenters. The average molecular weight is 324 g/mol. The lowest BCUT2D eigenvalue weighted by molar-refractivity contribution is -0.123. The highest BCUT2D eigenvalue weighted by Gasteiger charge is 2.20. The van der Waals surface area contributed by atoms with Crippen molar-refractivity contribution in [1.82, 2.24) is 10.2 Å². The number of hydrogen-bond donors (Lipinski definition) is 1. The second-order valence-electron chi connectivity index (χ2n) is 5.80. The fourth-order valence-corrected chi connectivity index (χ4v) is 3.08. The van der Waals surface area contributed by atoms with Crippen molar-refractivity contribution >= 4 is 23.2 Å². The Morgan fingerprint density at radius 3 is 2.41 bits per heavy atom. The molecule has 0 spiro atoms. The average Bonchev–Trinajstić information content (AvgIpc) is 2.54. The number of carbonyl (C=O) groups is 1. The Hall–Kier alpha value is -1.26. The second kappa shape index (κ2) is 8.39. The predicted octanol–water partition coefficient (Wildman–Crippen LogP) is 2.77. The fourth-order valence-electron chi connectivity index (χ4n) is 2.82. The first-order valence-corrected chi connectivity index (χ1v) is 8.53. The van der Waals surface area contributed by atoms with Crippen LogP contribution >= 0.6 is 11.6 Å². The van der Waals surface area contributed by atoms with Crippen molar-refractivity contribution in [3.63, 3.8) is 0 Å². The number of amides is 1. The summed E-state index contributed by atoms with van der Waals surface area (Å²) < 4.78 is 0. The van der Waals surface area contributed by atoms with E-state index in [-0.39, 0.29) is 5.91 Å². The molecule has 4 nitrogen and oxygen atoms in total. The third-order valence-corrected chi connectivity index (χ3v) is 4.60. The number of piperazine rings is 1. The number of rotatable bonds is 6.